The molecule has 1 aliphatic heterocycles. The van der Waals surface area contributed by atoms with Crippen LogP contribution in [-0.4, -0.2) is 35.4 Å². The fourth-order valence-electron chi connectivity index (χ4n) is 1.36. The molecule has 0 aliphatic carbocycles. The van der Waals surface area contributed by atoms with Crippen molar-refractivity contribution in [3.05, 3.63) is 0 Å². The third kappa shape index (κ3) is 3.38. The van der Waals surface area contributed by atoms with Crippen LogP contribution < -0.4 is 5.32 Å². The van der Waals surface area contributed by atoms with Crippen LogP contribution in [0.3, 0.4) is 0 Å². The van der Waals surface area contributed by atoms with Crippen molar-refractivity contribution < 1.29 is 15.0 Å². The van der Waals surface area contributed by atoms with Crippen molar-refractivity contribution in [2.75, 3.05) is 13.1 Å². The molecule has 4 nitrogen and oxygen atoms in total. The number of aliphatic hydroxyl groups excluding tert-OH is 1. The van der Waals surface area contributed by atoms with Gasteiger partial charge in [0, 0.05) is 6.54 Å². The topological polar surface area (TPSA) is 69.6 Å². The van der Waals surface area contributed by atoms with Gasteiger partial charge in [-0.2, -0.15) is 0 Å². The molecule has 0 aromatic rings. The summed E-state index contributed by atoms with van der Waals surface area (Å²) in [6.07, 6.45) is 0.357. The average molecular weight is 196 g/mol. The number of rotatable bonds is 2. The summed E-state index contributed by atoms with van der Waals surface area (Å²) in [5.74, 6) is -0.885. The maximum atomic E-state index is 10.3. The summed E-state index contributed by atoms with van der Waals surface area (Å²) in [5, 5.41) is 20.7. The maximum Gasteiger partial charge on any atom is 0.303 e. The van der Waals surface area contributed by atoms with Crippen LogP contribution >= 0.6 is 12.4 Å². The molecule has 2 atom stereocenters. The van der Waals surface area contributed by atoms with Crippen LogP contribution in [0.25, 0.3) is 0 Å². The lowest BCUT2D eigenvalue weighted by Gasteiger charge is -2.26. The number of aliphatic carboxylic acids is 1. The number of nitrogens with one attached hydrogen (secondary N) is 1. The van der Waals surface area contributed by atoms with E-state index in [9.17, 15) is 9.90 Å². The second-order valence-corrected chi connectivity index (χ2v) is 2.92. The smallest absolute Gasteiger partial charge is 0.303 e. The summed E-state index contributed by atoms with van der Waals surface area (Å²) < 4.78 is 0. The highest BCUT2D eigenvalue weighted by atomic mass is 35.5. The Hall–Kier alpha value is -0.320. The van der Waals surface area contributed by atoms with Crippen LogP contribution in [0, 0.1) is 5.92 Å². The molecule has 1 heterocycles. The molecule has 12 heavy (non-hydrogen) atoms. The minimum Gasteiger partial charge on any atom is -0.481 e. The second-order valence-electron chi connectivity index (χ2n) is 2.92. The van der Waals surface area contributed by atoms with E-state index >= 15 is 0 Å². The van der Waals surface area contributed by atoms with Crippen molar-refractivity contribution in [1.29, 1.82) is 0 Å². The van der Waals surface area contributed by atoms with Crippen molar-refractivity contribution in [2.24, 2.45) is 5.92 Å². The molecule has 1 rings (SSSR count). The average Bonchev–Trinajstić information content (AvgIpc) is 1.93. The number of hydrogen-bond acceptors (Lipinski definition) is 3. The molecule has 72 valence electrons. The molecule has 3 N–H and O–H groups in total. The SMILES string of the molecule is Cl.O=C(O)CC1CCNCC1O. The van der Waals surface area contributed by atoms with Crippen molar-refractivity contribution in [1.82, 2.24) is 5.32 Å². The minimum absolute atomic E-state index is 0. The Morgan fingerprint density at radius 2 is 2.25 bits per heavy atom. The number of β-amino-alcohol motifs (C(OH)–C–C–N with tert-alkyl or cyclic N) is 1. The molecular formula is C7H14ClNO3. The number of aliphatic hydroxyl groups is 1. The van der Waals surface area contributed by atoms with Gasteiger partial charge >= 0.3 is 5.97 Å². The van der Waals surface area contributed by atoms with Gasteiger partial charge in [-0.1, -0.05) is 0 Å². The van der Waals surface area contributed by atoms with Gasteiger partial charge in [0.25, 0.3) is 0 Å². The summed E-state index contributed by atoms with van der Waals surface area (Å²) in [7, 11) is 0. The molecule has 0 aromatic carbocycles. The first-order chi connectivity index (χ1) is 5.20. The van der Waals surface area contributed by atoms with Crippen LogP contribution in [0.4, 0.5) is 0 Å². The summed E-state index contributed by atoms with van der Waals surface area (Å²) in [4.78, 5) is 10.3. The van der Waals surface area contributed by atoms with E-state index in [1.54, 1.807) is 0 Å². The quantitative estimate of drug-likeness (QED) is 0.574. The van der Waals surface area contributed by atoms with E-state index in [1.165, 1.54) is 0 Å². The maximum absolute atomic E-state index is 10.3. The van der Waals surface area contributed by atoms with Crippen molar-refractivity contribution in [3.8, 4) is 0 Å². The van der Waals surface area contributed by atoms with E-state index in [0.717, 1.165) is 13.0 Å². The predicted octanol–water partition coefficient (Wildman–Crippen LogP) is -0.147. The number of carbonyl (C=O) groups is 1. The predicted molar refractivity (Wildman–Crippen MR) is 46.5 cm³/mol. The molecule has 1 aliphatic rings. The summed E-state index contributed by atoms with van der Waals surface area (Å²) in [6, 6.07) is 0. The monoisotopic (exact) mass is 195 g/mol. The number of carboxylic acid groups (broad SMARTS) is 1. The Bertz CT molecular complexity index is 154. The van der Waals surface area contributed by atoms with Crippen LogP contribution in [-0.2, 0) is 4.79 Å². The van der Waals surface area contributed by atoms with Gasteiger partial charge in [-0.05, 0) is 18.9 Å². The normalized spacial score (nSPS) is 29.1. The van der Waals surface area contributed by atoms with Crippen molar-refractivity contribution in [2.45, 2.75) is 18.9 Å². The van der Waals surface area contributed by atoms with E-state index < -0.39 is 12.1 Å². The van der Waals surface area contributed by atoms with Crippen LogP contribution in [0.15, 0.2) is 0 Å². The van der Waals surface area contributed by atoms with Gasteiger partial charge in [-0.15, -0.1) is 12.4 Å². The third-order valence-corrected chi connectivity index (χ3v) is 2.03. The molecule has 0 radical (unpaired) electrons. The van der Waals surface area contributed by atoms with E-state index in [1.807, 2.05) is 0 Å². The lowest BCUT2D eigenvalue weighted by atomic mass is 9.92. The first kappa shape index (κ1) is 11.7. The van der Waals surface area contributed by atoms with Crippen LogP contribution in [0.1, 0.15) is 12.8 Å². The number of hydrogen-bond donors (Lipinski definition) is 3. The standard InChI is InChI=1S/C7H13NO3.ClH/c9-6-4-8-2-1-5(6)3-7(10)11;/h5-6,8-9H,1-4H2,(H,10,11);1H. The molecule has 0 spiro atoms. The zero-order chi connectivity index (χ0) is 8.27. The summed E-state index contributed by atoms with van der Waals surface area (Å²) >= 11 is 0. The molecule has 0 aromatic heterocycles. The first-order valence-electron chi connectivity index (χ1n) is 3.80. The molecule has 2 unspecified atom stereocenters. The molecule has 1 fully saturated rings. The van der Waals surface area contributed by atoms with Crippen molar-refractivity contribution in [3.63, 3.8) is 0 Å². The minimum atomic E-state index is -0.823. The van der Waals surface area contributed by atoms with Gasteiger partial charge in [-0.3, -0.25) is 4.79 Å². The van der Waals surface area contributed by atoms with E-state index in [-0.39, 0.29) is 24.7 Å². The Balaban J connectivity index is 0.00000121. The number of halogens is 1. The van der Waals surface area contributed by atoms with Gasteiger partial charge in [0.1, 0.15) is 0 Å². The van der Waals surface area contributed by atoms with E-state index in [2.05, 4.69) is 5.32 Å². The van der Waals surface area contributed by atoms with Crippen LogP contribution in [0.2, 0.25) is 0 Å². The Kier molecular flexibility index (Phi) is 5.20. The van der Waals surface area contributed by atoms with Gasteiger partial charge in [0.15, 0.2) is 0 Å². The highest BCUT2D eigenvalue weighted by molar-refractivity contribution is 5.85. The highest BCUT2D eigenvalue weighted by Gasteiger charge is 2.24. The lowest BCUT2D eigenvalue weighted by Crippen LogP contribution is -2.41. The lowest BCUT2D eigenvalue weighted by molar-refractivity contribution is -0.139. The highest BCUT2D eigenvalue weighted by Crippen LogP contribution is 2.15. The molecule has 1 saturated heterocycles. The van der Waals surface area contributed by atoms with Crippen LogP contribution in [0.5, 0.6) is 0 Å². The summed E-state index contributed by atoms with van der Waals surface area (Å²) in [5.41, 5.74) is 0. The van der Waals surface area contributed by atoms with Gasteiger partial charge in [0.05, 0.1) is 12.5 Å². The van der Waals surface area contributed by atoms with Crippen molar-refractivity contribution >= 4 is 18.4 Å². The Morgan fingerprint density at radius 1 is 1.58 bits per heavy atom. The molecule has 0 bridgehead atoms. The Morgan fingerprint density at radius 3 is 2.75 bits per heavy atom. The van der Waals surface area contributed by atoms with E-state index in [4.69, 9.17) is 5.11 Å². The zero-order valence-electron chi connectivity index (χ0n) is 6.69. The molecule has 5 heteroatoms. The second kappa shape index (κ2) is 5.35. The fraction of sp³-hybridized carbons (Fsp3) is 0.857. The fourth-order valence-corrected chi connectivity index (χ4v) is 1.36. The summed E-state index contributed by atoms with van der Waals surface area (Å²) in [6.45, 7) is 1.34. The third-order valence-electron chi connectivity index (χ3n) is 2.03. The molecule has 0 amide bonds. The largest absolute Gasteiger partial charge is 0.481 e. The first-order valence-corrected chi connectivity index (χ1v) is 3.80. The van der Waals surface area contributed by atoms with Gasteiger partial charge in [-0.25, -0.2) is 0 Å². The molecular weight excluding hydrogens is 182 g/mol. The zero-order valence-corrected chi connectivity index (χ0v) is 7.51. The van der Waals surface area contributed by atoms with E-state index in [0.29, 0.717) is 6.54 Å². The number of carboxylic acids is 1. The number of piperidine rings is 1. The van der Waals surface area contributed by atoms with Gasteiger partial charge in [0.2, 0.25) is 0 Å². The van der Waals surface area contributed by atoms with Gasteiger partial charge < -0.3 is 15.5 Å². The Labute approximate surface area is 77.4 Å². The molecule has 0 saturated carbocycles.